The molecule has 3 aromatic rings. The molecule has 94 valence electrons. The summed E-state index contributed by atoms with van der Waals surface area (Å²) in [7, 11) is 0. The summed E-state index contributed by atoms with van der Waals surface area (Å²) in [5, 5.41) is 9.14. The van der Waals surface area contributed by atoms with Crippen LogP contribution < -0.4 is 0 Å². The number of hydrogen-bond acceptors (Lipinski definition) is 2. The quantitative estimate of drug-likeness (QED) is 0.740. The van der Waals surface area contributed by atoms with Crippen molar-refractivity contribution in [2.24, 2.45) is 0 Å². The average molecular weight is 256 g/mol. The number of benzene rings is 2. The van der Waals surface area contributed by atoms with E-state index in [4.69, 9.17) is 5.11 Å². The molecule has 0 aliphatic rings. The number of imidazole rings is 1. The van der Waals surface area contributed by atoms with Crippen LogP contribution in [0.15, 0.2) is 42.5 Å². The molecular formula is C14H9FN2O2. The SMILES string of the molecule is O=C(O)c1ccccc1-c1nc2c(F)cccc2[nH]1. The summed E-state index contributed by atoms with van der Waals surface area (Å²) in [6, 6.07) is 11.1. The number of fused-ring (bicyclic) bond motifs is 1. The Hall–Kier alpha value is -2.69. The third-order valence-corrected chi connectivity index (χ3v) is 2.88. The standard InChI is InChI=1S/C14H9FN2O2/c15-10-6-3-7-11-12(10)17-13(16-11)8-4-1-2-5-9(8)14(18)19/h1-7H,(H,16,17)(H,18,19). The van der Waals surface area contributed by atoms with Crippen molar-refractivity contribution >= 4 is 17.0 Å². The van der Waals surface area contributed by atoms with Gasteiger partial charge >= 0.3 is 5.97 Å². The largest absolute Gasteiger partial charge is 0.478 e. The van der Waals surface area contributed by atoms with E-state index in [1.807, 2.05) is 0 Å². The van der Waals surface area contributed by atoms with E-state index < -0.39 is 11.8 Å². The highest BCUT2D eigenvalue weighted by molar-refractivity contribution is 5.95. The minimum Gasteiger partial charge on any atom is -0.478 e. The molecule has 0 aliphatic carbocycles. The molecule has 5 heteroatoms. The van der Waals surface area contributed by atoms with Crippen LogP contribution in [-0.4, -0.2) is 21.0 Å². The number of halogens is 1. The maximum Gasteiger partial charge on any atom is 0.336 e. The average Bonchev–Trinajstić information content (AvgIpc) is 2.84. The fraction of sp³-hybridized carbons (Fsp3) is 0. The predicted molar refractivity (Wildman–Crippen MR) is 68.4 cm³/mol. The monoisotopic (exact) mass is 256 g/mol. The Labute approximate surface area is 107 Å². The van der Waals surface area contributed by atoms with E-state index in [2.05, 4.69) is 9.97 Å². The van der Waals surface area contributed by atoms with Crippen molar-refractivity contribution in [1.29, 1.82) is 0 Å². The summed E-state index contributed by atoms with van der Waals surface area (Å²) in [5.74, 6) is -1.14. The first kappa shape index (κ1) is 11.4. The number of aromatic carboxylic acids is 1. The molecule has 1 aromatic heterocycles. The summed E-state index contributed by atoms with van der Waals surface area (Å²) in [5.41, 5.74) is 1.31. The highest BCUT2D eigenvalue weighted by Crippen LogP contribution is 2.24. The molecule has 1 heterocycles. The Balaban J connectivity index is 2.25. The highest BCUT2D eigenvalue weighted by Gasteiger charge is 2.15. The number of hydrogen-bond donors (Lipinski definition) is 2. The molecule has 3 rings (SSSR count). The van der Waals surface area contributed by atoms with Crippen LogP contribution in [0.2, 0.25) is 0 Å². The summed E-state index contributed by atoms with van der Waals surface area (Å²) < 4.78 is 13.6. The Morgan fingerprint density at radius 3 is 2.68 bits per heavy atom. The number of rotatable bonds is 2. The summed E-state index contributed by atoms with van der Waals surface area (Å²) >= 11 is 0. The minimum atomic E-state index is -1.04. The fourth-order valence-electron chi connectivity index (χ4n) is 2.00. The Morgan fingerprint density at radius 1 is 1.16 bits per heavy atom. The van der Waals surface area contributed by atoms with E-state index in [1.54, 1.807) is 30.3 Å². The molecular weight excluding hydrogens is 247 g/mol. The second-order valence-electron chi connectivity index (χ2n) is 4.07. The van der Waals surface area contributed by atoms with Crippen LogP contribution in [0.5, 0.6) is 0 Å². The lowest BCUT2D eigenvalue weighted by Crippen LogP contribution is -1.99. The van der Waals surface area contributed by atoms with Crippen LogP contribution in [0, 0.1) is 5.82 Å². The fourth-order valence-corrected chi connectivity index (χ4v) is 2.00. The van der Waals surface area contributed by atoms with Crippen molar-refractivity contribution in [2.75, 3.05) is 0 Å². The lowest BCUT2D eigenvalue weighted by Gasteiger charge is -2.01. The molecule has 0 saturated heterocycles. The van der Waals surface area contributed by atoms with Gasteiger partial charge < -0.3 is 10.1 Å². The van der Waals surface area contributed by atoms with E-state index in [9.17, 15) is 9.18 Å². The van der Waals surface area contributed by atoms with Gasteiger partial charge in [0.2, 0.25) is 0 Å². The zero-order valence-corrected chi connectivity index (χ0v) is 9.72. The number of H-pyrrole nitrogens is 1. The van der Waals surface area contributed by atoms with E-state index in [-0.39, 0.29) is 11.1 Å². The number of aromatic nitrogens is 2. The molecule has 4 nitrogen and oxygen atoms in total. The number of aromatic amines is 1. The number of carboxylic acids is 1. The van der Waals surface area contributed by atoms with Crippen molar-refractivity contribution in [3.8, 4) is 11.4 Å². The van der Waals surface area contributed by atoms with Crippen LogP contribution >= 0.6 is 0 Å². The second-order valence-corrected chi connectivity index (χ2v) is 4.07. The third-order valence-electron chi connectivity index (χ3n) is 2.88. The molecule has 0 aliphatic heterocycles. The van der Waals surface area contributed by atoms with Gasteiger partial charge in [-0.2, -0.15) is 0 Å². The number of carbonyl (C=O) groups is 1. The first-order chi connectivity index (χ1) is 9.16. The molecule has 0 saturated carbocycles. The topological polar surface area (TPSA) is 66.0 Å². The lowest BCUT2D eigenvalue weighted by molar-refractivity contribution is 0.0697. The van der Waals surface area contributed by atoms with Gasteiger partial charge in [0.05, 0.1) is 11.1 Å². The smallest absolute Gasteiger partial charge is 0.336 e. The zero-order chi connectivity index (χ0) is 13.4. The first-order valence-corrected chi connectivity index (χ1v) is 5.64. The highest BCUT2D eigenvalue weighted by atomic mass is 19.1. The van der Waals surface area contributed by atoms with Gasteiger partial charge in [-0.25, -0.2) is 14.2 Å². The number of carboxylic acid groups (broad SMARTS) is 1. The third kappa shape index (κ3) is 1.85. The molecule has 2 aromatic carbocycles. The van der Waals surface area contributed by atoms with Gasteiger partial charge in [-0.1, -0.05) is 24.3 Å². The molecule has 0 unspecified atom stereocenters. The number of nitrogens with zero attached hydrogens (tertiary/aromatic N) is 1. The van der Waals surface area contributed by atoms with Gasteiger partial charge in [-0.05, 0) is 18.2 Å². The zero-order valence-electron chi connectivity index (χ0n) is 9.72. The molecule has 0 atom stereocenters. The Kier molecular flexibility index (Phi) is 2.52. The van der Waals surface area contributed by atoms with Gasteiger partial charge in [-0.3, -0.25) is 0 Å². The second kappa shape index (κ2) is 4.20. The van der Waals surface area contributed by atoms with Crippen LogP contribution in [-0.2, 0) is 0 Å². The van der Waals surface area contributed by atoms with Gasteiger partial charge in [0.25, 0.3) is 0 Å². The molecule has 0 spiro atoms. The maximum absolute atomic E-state index is 13.6. The minimum absolute atomic E-state index is 0.127. The van der Waals surface area contributed by atoms with Crippen molar-refractivity contribution in [3.05, 3.63) is 53.8 Å². The van der Waals surface area contributed by atoms with Crippen LogP contribution in [0.1, 0.15) is 10.4 Å². The Morgan fingerprint density at radius 2 is 1.95 bits per heavy atom. The van der Waals surface area contributed by atoms with Crippen molar-refractivity contribution in [2.45, 2.75) is 0 Å². The van der Waals surface area contributed by atoms with Crippen LogP contribution in [0.25, 0.3) is 22.4 Å². The van der Waals surface area contributed by atoms with Crippen molar-refractivity contribution in [1.82, 2.24) is 9.97 Å². The van der Waals surface area contributed by atoms with Crippen molar-refractivity contribution in [3.63, 3.8) is 0 Å². The Bertz CT molecular complexity index is 780. The molecule has 2 N–H and O–H groups in total. The maximum atomic E-state index is 13.6. The molecule has 19 heavy (non-hydrogen) atoms. The summed E-state index contributed by atoms with van der Waals surface area (Å²) in [6.07, 6.45) is 0. The summed E-state index contributed by atoms with van der Waals surface area (Å²) in [4.78, 5) is 18.2. The summed E-state index contributed by atoms with van der Waals surface area (Å²) in [6.45, 7) is 0. The normalized spacial score (nSPS) is 10.8. The predicted octanol–water partition coefficient (Wildman–Crippen LogP) is 3.07. The first-order valence-electron chi connectivity index (χ1n) is 5.64. The van der Waals surface area contributed by atoms with E-state index in [1.165, 1.54) is 12.1 Å². The van der Waals surface area contributed by atoms with Gasteiger partial charge in [0.15, 0.2) is 5.82 Å². The van der Waals surface area contributed by atoms with E-state index in [0.717, 1.165) is 0 Å². The molecule has 0 bridgehead atoms. The molecule has 0 fully saturated rings. The van der Waals surface area contributed by atoms with Crippen LogP contribution in [0.3, 0.4) is 0 Å². The van der Waals surface area contributed by atoms with Crippen LogP contribution in [0.4, 0.5) is 4.39 Å². The van der Waals surface area contributed by atoms with Gasteiger partial charge in [0.1, 0.15) is 11.3 Å². The number of para-hydroxylation sites is 1. The van der Waals surface area contributed by atoms with Gasteiger partial charge in [-0.15, -0.1) is 0 Å². The van der Waals surface area contributed by atoms with Crippen molar-refractivity contribution < 1.29 is 14.3 Å². The van der Waals surface area contributed by atoms with E-state index >= 15 is 0 Å². The van der Waals surface area contributed by atoms with Gasteiger partial charge in [0, 0.05) is 5.56 Å². The van der Waals surface area contributed by atoms with E-state index in [0.29, 0.717) is 16.9 Å². The molecule has 0 radical (unpaired) electrons. The lowest BCUT2D eigenvalue weighted by atomic mass is 10.1. The molecule has 0 amide bonds. The number of nitrogens with one attached hydrogen (secondary N) is 1.